The molecule has 2 atom stereocenters. The molecule has 2 unspecified atom stereocenters. The fourth-order valence-electron chi connectivity index (χ4n) is 1.82. The zero-order chi connectivity index (χ0) is 9.90. The summed E-state index contributed by atoms with van der Waals surface area (Å²) in [5.41, 5.74) is 6.30. The van der Waals surface area contributed by atoms with E-state index >= 15 is 0 Å². The molecule has 0 bridgehead atoms. The molecular formula is C11H24N2. The molecule has 0 spiro atoms. The summed E-state index contributed by atoms with van der Waals surface area (Å²) in [6, 6.07) is 0.307. The fourth-order valence-corrected chi connectivity index (χ4v) is 1.82. The van der Waals surface area contributed by atoms with E-state index in [9.17, 15) is 0 Å². The Morgan fingerprint density at radius 3 is 2.31 bits per heavy atom. The van der Waals surface area contributed by atoms with Crippen molar-refractivity contribution < 1.29 is 0 Å². The highest BCUT2D eigenvalue weighted by Gasteiger charge is 2.34. The lowest BCUT2D eigenvalue weighted by atomic mass is 9.74. The van der Waals surface area contributed by atoms with Gasteiger partial charge in [0.25, 0.3) is 0 Å². The molecule has 78 valence electrons. The summed E-state index contributed by atoms with van der Waals surface area (Å²) >= 11 is 0. The number of hydrogen-bond donors (Lipinski definition) is 2. The number of nitrogens with two attached hydrogens (primary N) is 1. The van der Waals surface area contributed by atoms with Crippen molar-refractivity contribution in [2.45, 2.75) is 58.0 Å². The summed E-state index contributed by atoms with van der Waals surface area (Å²) in [6.45, 7) is 7.67. The summed E-state index contributed by atoms with van der Waals surface area (Å²) in [6.07, 6.45) is 5.37. The highest BCUT2D eigenvalue weighted by atomic mass is 15.0. The van der Waals surface area contributed by atoms with E-state index in [1.165, 1.54) is 25.7 Å². The van der Waals surface area contributed by atoms with Crippen LogP contribution in [-0.2, 0) is 0 Å². The SMILES string of the molecule is CCC1(NCC(C)C(C)N)CCC1. The second-order valence-electron chi connectivity index (χ2n) is 4.70. The first-order valence-electron chi connectivity index (χ1n) is 5.60. The molecule has 0 aromatic heterocycles. The van der Waals surface area contributed by atoms with Gasteiger partial charge in [-0.25, -0.2) is 0 Å². The lowest BCUT2D eigenvalue weighted by Crippen LogP contribution is -2.52. The highest BCUT2D eigenvalue weighted by Crippen LogP contribution is 2.34. The van der Waals surface area contributed by atoms with Crippen molar-refractivity contribution >= 4 is 0 Å². The monoisotopic (exact) mass is 184 g/mol. The molecule has 3 N–H and O–H groups in total. The third kappa shape index (κ3) is 2.68. The summed E-state index contributed by atoms with van der Waals surface area (Å²) in [4.78, 5) is 0. The van der Waals surface area contributed by atoms with Crippen LogP contribution in [0.5, 0.6) is 0 Å². The first kappa shape index (κ1) is 11.0. The number of hydrogen-bond acceptors (Lipinski definition) is 2. The molecule has 0 saturated heterocycles. The van der Waals surface area contributed by atoms with Crippen LogP contribution in [0.4, 0.5) is 0 Å². The smallest absolute Gasteiger partial charge is 0.0179 e. The Kier molecular flexibility index (Phi) is 3.74. The average Bonchev–Trinajstić information content (AvgIpc) is 2.02. The molecule has 0 aromatic carbocycles. The normalized spacial score (nSPS) is 24.9. The molecule has 0 aliphatic heterocycles. The summed E-state index contributed by atoms with van der Waals surface area (Å²) in [5.74, 6) is 0.587. The predicted molar refractivity (Wildman–Crippen MR) is 57.7 cm³/mol. The summed E-state index contributed by atoms with van der Waals surface area (Å²) < 4.78 is 0. The molecule has 2 nitrogen and oxygen atoms in total. The Morgan fingerprint density at radius 2 is 2.00 bits per heavy atom. The fraction of sp³-hybridized carbons (Fsp3) is 1.00. The van der Waals surface area contributed by atoms with Gasteiger partial charge >= 0.3 is 0 Å². The largest absolute Gasteiger partial charge is 0.328 e. The predicted octanol–water partition coefficient (Wildman–Crippen LogP) is 1.89. The zero-order valence-electron chi connectivity index (χ0n) is 9.27. The Morgan fingerprint density at radius 1 is 1.38 bits per heavy atom. The Balaban J connectivity index is 2.24. The van der Waals surface area contributed by atoms with Gasteiger partial charge in [0.05, 0.1) is 0 Å². The van der Waals surface area contributed by atoms with Crippen molar-refractivity contribution in [3.63, 3.8) is 0 Å². The minimum absolute atomic E-state index is 0.307. The van der Waals surface area contributed by atoms with Gasteiger partial charge in [-0.1, -0.05) is 13.8 Å². The molecule has 0 amide bonds. The Bertz CT molecular complexity index is 145. The summed E-state index contributed by atoms with van der Waals surface area (Å²) in [5, 5.41) is 3.68. The average molecular weight is 184 g/mol. The van der Waals surface area contributed by atoms with Crippen LogP contribution < -0.4 is 11.1 Å². The van der Waals surface area contributed by atoms with Gasteiger partial charge in [-0.3, -0.25) is 0 Å². The molecule has 1 aliphatic rings. The standard InChI is InChI=1S/C11H24N2/c1-4-11(6-5-7-11)13-8-9(2)10(3)12/h9-10,13H,4-8,12H2,1-3H3. The second kappa shape index (κ2) is 4.43. The van der Waals surface area contributed by atoms with Crippen LogP contribution in [0, 0.1) is 5.92 Å². The molecule has 1 rings (SSSR count). The molecule has 13 heavy (non-hydrogen) atoms. The van der Waals surface area contributed by atoms with Crippen molar-refractivity contribution in [2.24, 2.45) is 11.7 Å². The van der Waals surface area contributed by atoms with Gasteiger partial charge < -0.3 is 11.1 Å². The van der Waals surface area contributed by atoms with Crippen LogP contribution in [0.2, 0.25) is 0 Å². The highest BCUT2D eigenvalue weighted by molar-refractivity contribution is 4.95. The van der Waals surface area contributed by atoms with Crippen molar-refractivity contribution in [1.82, 2.24) is 5.32 Å². The van der Waals surface area contributed by atoms with Crippen molar-refractivity contribution in [3.05, 3.63) is 0 Å². The van der Waals surface area contributed by atoms with E-state index in [2.05, 4.69) is 26.1 Å². The van der Waals surface area contributed by atoms with Crippen LogP contribution >= 0.6 is 0 Å². The quantitative estimate of drug-likeness (QED) is 0.685. The van der Waals surface area contributed by atoms with E-state index in [-0.39, 0.29) is 0 Å². The van der Waals surface area contributed by atoms with Crippen LogP contribution in [0.15, 0.2) is 0 Å². The maximum atomic E-state index is 5.83. The Hall–Kier alpha value is -0.0800. The molecule has 0 aromatic rings. The minimum atomic E-state index is 0.307. The number of rotatable bonds is 5. The lowest BCUT2D eigenvalue weighted by molar-refractivity contribution is 0.167. The van der Waals surface area contributed by atoms with Gasteiger partial charge in [0, 0.05) is 11.6 Å². The van der Waals surface area contributed by atoms with Gasteiger partial charge in [-0.15, -0.1) is 0 Å². The Labute approximate surface area is 82.3 Å². The summed E-state index contributed by atoms with van der Waals surface area (Å²) in [7, 11) is 0. The van der Waals surface area contributed by atoms with Gasteiger partial charge in [-0.05, 0) is 45.1 Å². The van der Waals surface area contributed by atoms with Gasteiger partial charge in [0.15, 0.2) is 0 Å². The van der Waals surface area contributed by atoms with Crippen LogP contribution in [0.1, 0.15) is 46.5 Å². The zero-order valence-corrected chi connectivity index (χ0v) is 9.27. The van der Waals surface area contributed by atoms with Gasteiger partial charge in [-0.2, -0.15) is 0 Å². The first-order chi connectivity index (χ1) is 6.09. The first-order valence-corrected chi connectivity index (χ1v) is 5.60. The lowest BCUT2D eigenvalue weighted by Gasteiger charge is -2.43. The van der Waals surface area contributed by atoms with Gasteiger partial charge in [0.2, 0.25) is 0 Å². The van der Waals surface area contributed by atoms with Crippen molar-refractivity contribution in [1.29, 1.82) is 0 Å². The molecule has 1 saturated carbocycles. The topological polar surface area (TPSA) is 38.0 Å². The van der Waals surface area contributed by atoms with E-state index in [0.717, 1.165) is 6.54 Å². The van der Waals surface area contributed by atoms with E-state index in [4.69, 9.17) is 5.73 Å². The minimum Gasteiger partial charge on any atom is -0.328 e. The third-order valence-electron chi connectivity index (χ3n) is 3.68. The van der Waals surface area contributed by atoms with E-state index in [1.807, 2.05) is 0 Å². The van der Waals surface area contributed by atoms with Crippen molar-refractivity contribution in [3.8, 4) is 0 Å². The van der Waals surface area contributed by atoms with E-state index < -0.39 is 0 Å². The van der Waals surface area contributed by atoms with Crippen LogP contribution in [-0.4, -0.2) is 18.1 Å². The molecular weight excluding hydrogens is 160 g/mol. The van der Waals surface area contributed by atoms with E-state index in [0.29, 0.717) is 17.5 Å². The second-order valence-corrected chi connectivity index (χ2v) is 4.70. The molecule has 0 radical (unpaired) electrons. The van der Waals surface area contributed by atoms with Crippen molar-refractivity contribution in [2.75, 3.05) is 6.54 Å². The molecule has 1 fully saturated rings. The maximum absolute atomic E-state index is 5.83. The van der Waals surface area contributed by atoms with Gasteiger partial charge in [0.1, 0.15) is 0 Å². The molecule has 1 aliphatic carbocycles. The van der Waals surface area contributed by atoms with Crippen LogP contribution in [0.3, 0.4) is 0 Å². The van der Waals surface area contributed by atoms with E-state index in [1.54, 1.807) is 0 Å². The maximum Gasteiger partial charge on any atom is 0.0179 e. The molecule has 2 heteroatoms. The number of nitrogens with one attached hydrogen (secondary N) is 1. The molecule has 0 heterocycles. The van der Waals surface area contributed by atoms with Crippen LogP contribution in [0.25, 0.3) is 0 Å². The third-order valence-corrected chi connectivity index (χ3v) is 3.68.